The number of allylic oxidation sites excluding steroid dienone is 2. The Hall–Kier alpha value is -3.44. The lowest BCUT2D eigenvalue weighted by atomic mass is 9.75. The van der Waals surface area contributed by atoms with E-state index in [4.69, 9.17) is 10.4 Å². The molecule has 5 heteroatoms. The summed E-state index contributed by atoms with van der Waals surface area (Å²) in [5, 5.41) is 9.34. The molecule has 3 aromatic rings. The zero-order valence-electron chi connectivity index (χ0n) is 24.3. The number of fused-ring (bicyclic) bond motifs is 2. The number of para-hydroxylation sites is 1. The van der Waals surface area contributed by atoms with Crippen molar-refractivity contribution in [1.82, 2.24) is 14.4 Å². The lowest BCUT2D eigenvalue weighted by Gasteiger charge is -2.32. The van der Waals surface area contributed by atoms with Crippen molar-refractivity contribution in [3.8, 4) is 0 Å². The second-order valence-corrected chi connectivity index (χ2v) is 12.7. The van der Waals surface area contributed by atoms with Gasteiger partial charge in [-0.3, -0.25) is 9.89 Å². The van der Waals surface area contributed by atoms with Crippen molar-refractivity contribution in [3.63, 3.8) is 0 Å². The average Bonchev–Trinajstić information content (AvgIpc) is 3.93. The molecule has 1 aliphatic carbocycles. The molecule has 5 nitrogen and oxygen atoms in total. The standard InChI is InChI=1S/C35H41N5/c1-6-24(19-36)18-35(5,7-2)33(30-17-27-10-8-9-11-29(27)39(30)20-25-13-14-25)37-28-16-26(15-12-22(28)3)23(4)38-21-31-32-34(38)40(31)32/h6,8-12,15-17,19,25,31-32,34,36H,4,7,13-14,18,20-21H2,1-3,5H3/b24-6-,36-19?,37-33?. The molecule has 5 atom stereocenters. The third-order valence-electron chi connectivity index (χ3n) is 10.1. The van der Waals surface area contributed by atoms with Crippen molar-refractivity contribution in [1.29, 1.82) is 5.41 Å². The number of benzene rings is 2. The number of nitrogens with zero attached hydrogens (tertiary/aromatic N) is 4. The minimum Gasteiger partial charge on any atom is -0.353 e. The largest absolute Gasteiger partial charge is 0.353 e. The van der Waals surface area contributed by atoms with Crippen LogP contribution in [0.2, 0.25) is 0 Å². The van der Waals surface area contributed by atoms with E-state index < -0.39 is 0 Å². The van der Waals surface area contributed by atoms with Crippen molar-refractivity contribution < 1.29 is 0 Å². The first-order valence-corrected chi connectivity index (χ1v) is 15.0. The van der Waals surface area contributed by atoms with E-state index in [1.165, 1.54) is 46.8 Å². The van der Waals surface area contributed by atoms with E-state index in [-0.39, 0.29) is 5.41 Å². The number of aryl methyl sites for hydroxylation is 1. The molecule has 5 aliphatic rings. The lowest BCUT2D eigenvalue weighted by molar-refractivity contribution is 0.442. The van der Waals surface area contributed by atoms with E-state index in [2.05, 4.69) is 96.3 Å². The van der Waals surface area contributed by atoms with Gasteiger partial charge in [-0.15, -0.1) is 0 Å². The molecular formula is C35H41N5. The van der Waals surface area contributed by atoms with Gasteiger partial charge in [-0.2, -0.15) is 0 Å². The predicted octanol–water partition coefficient (Wildman–Crippen LogP) is 7.56. The van der Waals surface area contributed by atoms with E-state index >= 15 is 0 Å². The van der Waals surface area contributed by atoms with Crippen LogP contribution >= 0.6 is 0 Å². The van der Waals surface area contributed by atoms with Crippen LogP contribution in [0.4, 0.5) is 5.69 Å². The molecule has 206 valence electrons. The summed E-state index contributed by atoms with van der Waals surface area (Å²) in [6.45, 7) is 15.5. The third kappa shape index (κ3) is 4.09. The molecule has 8 rings (SSSR count). The van der Waals surface area contributed by atoms with Crippen LogP contribution in [0.5, 0.6) is 0 Å². The number of aromatic nitrogens is 1. The van der Waals surface area contributed by atoms with Gasteiger partial charge in [-0.25, -0.2) is 0 Å². The van der Waals surface area contributed by atoms with E-state index in [1.54, 1.807) is 0 Å². The first-order chi connectivity index (χ1) is 19.4. The van der Waals surface area contributed by atoms with Gasteiger partial charge in [0, 0.05) is 47.4 Å². The normalized spacial score (nSPS) is 26.6. The average molecular weight is 532 g/mol. The molecule has 2 aromatic carbocycles. The summed E-state index contributed by atoms with van der Waals surface area (Å²) in [4.78, 5) is 10.7. The van der Waals surface area contributed by atoms with Gasteiger partial charge >= 0.3 is 0 Å². The van der Waals surface area contributed by atoms with Crippen molar-refractivity contribution in [2.24, 2.45) is 16.3 Å². The van der Waals surface area contributed by atoms with Crippen LogP contribution in [0, 0.1) is 23.7 Å². The SMILES string of the molecule is C=C(c1ccc(C)c(N=C(c2cc3ccccc3n2CC2CC2)C(C)(CC)C/C(C=N)=C/C)c1)N1CC2C3C1N23. The minimum atomic E-state index is -0.235. The molecule has 4 saturated heterocycles. The molecule has 1 aromatic heterocycles. The topological polar surface area (TPSA) is 47.4 Å². The van der Waals surface area contributed by atoms with Crippen molar-refractivity contribution in [2.75, 3.05) is 6.54 Å². The summed E-state index contributed by atoms with van der Waals surface area (Å²) in [7, 11) is 0. The van der Waals surface area contributed by atoms with E-state index in [9.17, 15) is 0 Å². The Kier molecular flexibility index (Phi) is 5.94. The molecular weight excluding hydrogens is 490 g/mol. The molecule has 5 unspecified atom stereocenters. The van der Waals surface area contributed by atoms with E-state index in [0.29, 0.717) is 6.17 Å². The first-order valence-electron chi connectivity index (χ1n) is 15.0. The fourth-order valence-electron chi connectivity index (χ4n) is 6.92. The van der Waals surface area contributed by atoms with Gasteiger partial charge in [0.1, 0.15) is 6.17 Å². The molecule has 4 aliphatic heterocycles. The quantitative estimate of drug-likeness (QED) is 0.205. The molecule has 40 heavy (non-hydrogen) atoms. The van der Waals surface area contributed by atoms with Crippen LogP contribution in [-0.4, -0.2) is 51.1 Å². The Labute approximate surface area is 238 Å². The summed E-state index contributed by atoms with van der Waals surface area (Å²) in [6.07, 6.45) is 8.50. The lowest BCUT2D eigenvalue weighted by Crippen LogP contribution is -2.31. The number of nitrogens with one attached hydrogen (secondary N) is 1. The minimum absolute atomic E-state index is 0.235. The Morgan fingerprint density at radius 2 is 1.95 bits per heavy atom. The molecule has 5 heterocycles. The van der Waals surface area contributed by atoms with Gasteiger partial charge in [0.15, 0.2) is 0 Å². The van der Waals surface area contributed by atoms with Gasteiger partial charge < -0.3 is 14.9 Å². The maximum atomic E-state index is 8.07. The molecule has 0 spiro atoms. The van der Waals surface area contributed by atoms with Gasteiger partial charge in [0.25, 0.3) is 0 Å². The molecule has 1 N–H and O–H groups in total. The molecule has 0 radical (unpaired) electrons. The second kappa shape index (κ2) is 9.31. The van der Waals surface area contributed by atoms with Crippen LogP contribution in [0.15, 0.2) is 71.8 Å². The molecule has 5 fully saturated rings. The fourth-order valence-corrected chi connectivity index (χ4v) is 6.92. The highest BCUT2D eigenvalue weighted by Gasteiger charge is 2.79. The summed E-state index contributed by atoms with van der Waals surface area (Å²) in [6, 6.07) is 19.4. The summed E-state index contributed by atoms with van der Waals surface area (Å²) < 4.78 is 2.53. The van der Waals surface area contributed by atoms with Gasteiger partial charge in [-0.1, -0.05) is 56.8 Å². The zero-order valence-corrected chi connectivity index (χ0v) is 24.3. The summed E-state index contributed by atoms with van der Waals surface area (Å²) >= 11 is 0. The van der Waals surface area contributed by atoms with Gasteiger partial charge in [-0.05, 0) is 80.3 Å². The smallest absolute Gasteiger partial charge is 0.100 e. The summed E-state index contributed by atoms with van der Waals surface area (Å²) in [5.41, 5.74) is 8.93. The maximum Gasteiger partial charge on any atom is 0.100 e. The zero-order chi connectivity index (χ0) is 27.8. The Balaban J connectivity index is 1.37. The molecule has 1 saturated carbocycles. The van der Waals surface area contributed by atoms with E-state index in [1.807, 2.05) is 6.92 Å². The predicted molar refractivity (Wildman–Crippen MR) is 167 cm³/mol. The second-order valence-electron chi connectivity index (χ2n) is 12.7. The third-order valence-corrected chi connectivity index (χ3v) is 10.1. The van der Waals surface area contributed by atoms with E-state index in [0.717, 1.165) is 66.6 Å². The van der Waals surface area contributed by atoms with Crippen LogP contribution in [0.3, 0.4) is 0 Å². The Morgan fingerprint density at radius 3 is 2.60 bits per heavy atom. The van der Waals surface area contributed by atoms with Crippen LogP contribution in [0.25, 0.3) is 16.6 Å². The Bertz CT molecular complexity index is 1570. The molecule has 2 bridgehead atoms. The van der Waals surface area contributed by atoms with Crippen LogP contribution in [0.1, 0.15) is 63.3 Å². The molecule has 0 amide bonds. The summed E-state index contributed by atoms with van der Waals surface area (Å²) in [5.74, 6) is 0.745. The van der Waals surface area contributed by atoms with Gasteiger partial charge in [0.05, 0.1) is 23.1 Å². The van der Waals surface area contributed by atoms with Crippen molar-refractivity contribution in [3.05, 3.63) is 83.6 Å². The van der Waals surface area contributed by atoms with Crippen LogP contribution in [-0.2, 0) is 6.54 Å². The monoisotopic (exact) mass is 531 g/mol. The van der Waals surface area contributed by atoms with Crippen molar-refractivity contribution >= 4 is 34.2 Å². The maximum absolute atomic E-state index is 8.07. The number of rotatable bonds is 11. The fraction of sp³-hybridized carbons (Fsp3) is 0.429. The highest BCUT2D eigenvalue weighted by atomic mass is 15.7. The number of piperazine rings is 1. The van der Waals surface area contributed by atoms with Crippen LogP contribution < -0.4 is 0 Å². The van der Waals surface area contributed by atoms with Crippen molar-refractivity contribution in [2.45, 2.75) is 78.2 Å². The highest BCUT2D eigenvalue weighted by molar-refractivity contribution is 6.08. The first kappa shape index (κ1) is 25.5. The number of aliphatic imine (C=N–C) groups is 1. The highest BCUT2D eigenvalue weighted by Crippen LogP contribution is 2.61. The number of hydrogen-bond donors (Lipinski definition) is 1. The Morgan fingerprint density at radius 1 is 1.18 bits per heavy atom. The van der Waals surface area contributed by atoms with Gasteiger partial charge in [0.2, 0.25) is 0 Å². The number of hydrogen-bond acceptors (Lipinski definition) is 4.